The molecule has 7 nitrogen and oxygen atoms in total. The second kappa shape index (κ2) is 6.72. The molecule has 0 spiro atoms. The van der Waals surface area contributed by atoms with Crippen LogP contribution in [0.2, 0.25) is 0 Å². The van der Waals surface area contributed by atoms with E-state index in [1.807, 2.05) is 65.4 Å². The topological polar surface area (TPSA) is 82.2 Å². The summed E-state index contributed by atoms with van der Waals surface area (Å²) in [6, 6.07) is 3.67. The number of pyridine rings is 1. The third-order valence-electron chi connectivity index (χ3n) is 4.34. The maximum Gasteiger partial charge on any atom is 0.408 e. The average molecular weight is 370 g/mol. The largest absolute Gasteiger partial charge is 0.444 e. The van der Waals surface area contributed by atoms with Crippen molar-refractivity contribution in [2.75, 3.05) is 0 Å². The van der Waals surface area contributed by atoms with Crippen molar-refractivity contribution in [3.05, 3.63) is 35.5 Å². The van der Waals surface area contributed by atoms with Crippen molar-refractivity contribution in [1.29, 1.82) is 0 Å². The van der Waals surface area contributed by atoms with Crippen LogP contribution in [0.1, 0.15) is 50.9 Å². The fourth-order valence-corrected chi connectivity index (χ4v) is 3.15. The summed E-state index contributed by atoms with van der Waals surface area (Å²) in [4.78, 5) is 17.1. The van der Waals surface area contributed by atoms with E-state index in [1.54, 1.807) is 0 Å². The van der Waals surface area contributed by atoms with Gasteiger partial charge in [-0.25, -0.2) is 9.78 Å². The van der Waals surface area contributed by atoms with Crippen LogP contribution in [0.3, 0.4) is 0 Å². The molecule has 0 aliphatic rings. The van der Waals surface area contributed by atoms with Crippen molar-refractivity contribution in [2.24, 2.45) is 7.05 Å². The Morgan fingerprint density at radius 1 is 1.33 bits per heavy atom. The van der Waals surface area contributed by atoms with Gasteiger partial charge in [-0.3, -0.25) is 0 Å². The summed E-state index contributed by atoms with van der Waals surface area (Å²) >= 11 is 0. The van der Waals surface area contributed by atoms with Crippen LogP contribution in [0.25, 0.3) is 22.2 Å². The number of nitrogens with one attached hydrogen (secondary N) is 1. The van der Waals surface area contributed by atoms with Gasteiger partial charge in [-0.2, -0.15) is 0 Å². The smallest absolute Gasteiger partial charge is 0.408 e. The Morgan fingerprint density at radius 3 is 2.63 bits per heavy atom. The molecule has 7 heteroatoms. The molecule has 27 heavy (non-hydrogen) atoms. The first-order chi connectivity index (χ1) is 12.6. The molecule has 0 aromatic carbocycles. The molecule has 1 atom stereocenters. The number of rotatable bonds is 3. The van der Waals surface area contributed by atoms with Crippen LogP contribution < -0.4 is 5.32 Å². The first-order valence-corrected chi connectivity index (χ1v) is 8.95. The van der Waals surface area contributed by atoms with E-state index in [-0.39, 0.29) is 6.04 Å². The second-order valence-electron chi connectivity index (χ2n) is 7.82. The lowest BCUT2D eigenvalue weighted by Gasteiger charge is -2.23. The first-order valence-electron chi connectivity index (χ1n) is 8.95. The van der Waals surface area contributed by atoms with Crippen molar-refractivity contribution in [3.63, 3.8) is 0 Å². The summed E-state index contributed by atoms with van der Waals surface area (Å²) in [5.41, 5.74) is 4.62. The Labute approximate surface area is 158 Å². The van der Waals surface area contributed by atoms with Crippen molar-refractivity contribution in [1.82, 2.24) is 20.0 Å². The Morgan fingerprint density at radius 2 is 2.04 bits per heavy atom. The minimum absolute atomic E-state index is 0.354. The van der Waals surface area contributed by atoms with E-state index in [0.717, 1.165) is 33.5 Å². The van der Waals surface area contributed by atoms with Gasteiger partial charge in [0.25, 0.3) is 0 Å². The molecular formula is C20H26N4O3. The summed E-state index contributed by atoms with van der Waals surface area (Å²) in [6.07, 6.45) is 1.49. The third kappa shape index (κ3) is 3.82. The van der Waals surface area contributed by atoms with Crippen molar-refractivity contribution in [3.8, 4) is 11.1 Å². The summed E-state index contributed by atoms with van der Waals surface area (Å²) in [5.74, 6) is 0.716. The highest BCUT2D eigenvalue weighted by Gasteiger charge is 2.24. The van der Waals surface area contributed by atoms with Gasteiger partial charge in [0.05, 0.1) is 28.5 Å². The molecule has 0 saturated carbocycles. The molecule has 0 radical (unpaired) electrons. The van der Waals surface area contributed by atoms with E-state index in [0.29, 0.717) is 5.76 Å². The number of fused-ring (bicyclic) bond motifs is 1. The summed E-state index contributed by atoms with van der Waals surface area (Å²) in [6.45, 7) is 11.2. The predicted molar refractivity (Wildman–Crippen MR) is 103 cm³/mol. The number of hydrogen-bond donors (Lipinski definition) is 1. The zero-order valence-corrected chi connectivity index (χ0v) is 16.9. The number of alkyl carbamates (subject to hydrolysis) is 1. The number of carbonyl (C=O) groups excluding carboxylic acids is 1. The van der Waals surface area contributed by atoms with Crippen LogP contribution in [0, 0.1) is 13.8 Å². The molecule has 3 rings (SSSR count). The van der Waals surface area contributed by atoms with Crippen LogP contribution in [0.4, 0.5) is 4.79 Å². The summed E-state index contributed by atoms with van der Waals surface area (Å²) in [7, 11) is 1.98. The standard InChI is InChI=1S/C20H26N4O3/c1-11-17(13(3)27-23-11)14-10-16-15(8-9-24(16)7)22-18(14)12(2)21-19(25)26-20(4,5)6/h8-10,12H,1-7H3,(H,21,25). The van der Waals surface area contributed by atoms with Crippen LogP contribution in [0.5, 0.6) is 0 Å². The van der Waals surface area contributed by atoms with E-state index in [9.17, 15) is 4.79 Å². The molecular weight excluding hydrogens is 344 g/mol. The van der Waals surface area contributed by atoms with Gasteiger partial charge in [0.15, 0.2) is 0 Å². The number of amides is 1. The zero-order chi connectivity index (χ0) is 19.9. The molecule has 0 aliphatic heterocycles. The lowest BCUT2D eigenvalue weighted by atomic mass is 9.98. The summed E-state index contributed by atoms with van der Waals surface area (Å²) in [5, 5.41) is 6.95. The quantitative estimate of drug-likeness (QED) is 0.737. The minimum Gasteiger partial charge on any atom is -0.444 e. The van der Waals surface area contributed by atoms with Crippen molar-refractivity contribution < 1.29 is 14.1 Å². The molecule has 3 heterocycles. The number of carbonyl (C=O) groups is 1. The van der Waals surface area contributed by atoms with Crippen LogP contribution in [-0.4, -0.2) is 26.4 Å². The number of aromatic nitrogens is 3. The predicted octanol–water partition coefficient (Wildman–Crippen LogP) is 4.43. The zero-order valence-electron chi connectivity index (χ0n) is 16.9. The molecule has 3 aromatic heterocycles. The van der Waals surface area contributed by atoms with Gasteiger partial charge in [-0.1, -0.05) is 5.16 Å². The SMILES string of the molecule is Cc1noc(C)c1-c1cc2c(ccn2C)nc1C(C)NC(=O)OC(C)(C)C. The molecule has 0 saturated heterocycles. The molecule has 0 aliphatic carbocycles. The fraction of sp³-hybridized carbons (Fsp3) is 0.450. The highest BCUT2D eigenvalue weighted by Crippen LogP contribution is 2.34. The van der Waals surface area contributed by atoms with E-state index < -0.39 is 11.7 Å². The Balaban J connectivity index is 2.08. The van der Waals surface area contributed by atoms with Crippen molar-refractivity contribution in [2.45, 2.75) is 53.2 Å². The molecule has 3 aromatic rings. The molecule has 1 N–H and O–H groups in total. The number of ether oxygens (including phenoxy) is 1. The monoisotopic (exact) mass is 370 g/mol. The highest BCUT2D eigenvalue weighted by atomic mass is 16.6. The maximum absolute atomic E-state index is 12.2. The fourth-order valence-electron chi connectivity index (χ4n) is 3.15. The minimum atomic E-state index is -0.564. The van der Waals surface area contributed by atoms with Gasteiger partial charge in [0.1, 0.15) is 11.4 Å². The molecule has 1 amide bonds. The van der Waals surface area contributed by atoms with E-state index in [4.69, 9.17) is 14.2 Å². The first kappa shape index (κ1) is 18.9. The summed E-state index contributed by atoms with van der Waals surface area (Å²) < 4.78 is 12.8. The van der Waals surface area contributed by atoms with Gasteiger partial charge >= 0.3 is 6.09 Å². The second-order valence-corrected chi connectivity index (χ2v) is 7.82. The molecule has 1 unspecified atom stereocenters. The number of aryl methyl sites for hydroxylation is 3. The van der Waals surface area contributed by atoms with Crippen LogP contribution in [-0.2, 0) is 11.8 Å². The van der Waals surface area contributed by atoms with Crippen LogP contribution >= 0.6 is 0 Å². The highest BCUT2D eigenvalue weighted by molar-refractivity contribution is 5.84. The van der Waals surface area contributed by atoms with Gasteiger partial charge in [0.2, 0.25) is 0 Å². The van der Waals surface area contributed by atoms with Gasteiger partial charge in [-0.15, -0.1) is 0 Å². The lowest BCUT2D eigenvalue weighted by molar-refractivity contribution is 0.0507. The Hall–Kier alpha value is -2.83. The maximum atomic E-state index is 12.2. The Kier molecular flexibility index (Phi) is 4.71. The molecule has 0 bridgehead atoms. The van der Waals surface area contributed by atoms with Gasteiger partial charge in [0, 0.05) is 24.4 Å². The lowest BCUT2D eigenvalue weighted by Crippen LogP contribution is -2.34. The number of nitrogens with zero attached hydrogens (tertiary/aromatic N) is 3. The Bertz CT molecular complexity index is 975. The van der Waals surface area contributed by atoms with Gasteiger partial charge < -0.3 is 19.1 Å². The van der Waals surface area contributed by atoms with Crippen LogP contribution in [0.15, 0.2) is 22.9 Å². The van der Waals surface area contributed by atoms with E-state index in [1.165, 1.54) is 0 Å². The number of hydrogen-bond acceptors (Lipinski definition) is 5. The molecule has 0 fully saturated rings. The molecule has 144 valence electrons. The van der Waals surface area contributed by atoms with E-state index in [2.05, 4.69) is 16.5 Å². The van der Waals surface area contributed by atoms with Crippen molar-refractivity contribution >= 4 is 17.1 Å². The normalized spacial score (nSPS) is 13.0. The third-order valence-corrected chi connectivity index (χ3v) is 4.34. The van der Waals surface area contributed by atoms with E-state index >= 15 is 0 Å². The average Bonchev–Trinajstić information content (AvgIpc) is 3.07. The van der Waals surface area contributed by atoms with Gasteiger partial charge in [-0.05, 0) is 53.7 Å².